The lowest BCUT2D eigenvalue weighted by Gasteiger charge is -2.11. The number of nitrogens with zero attached hydrogens (tertiary/aromatic N) is 1. The van der Waals surface area contributed by atoms with Crippen LogP contribution in [0.3, 0.4) is 0 Å². The normalized spacial score (nSPS) is 11.2. The highest BCUT2D eigenvalue weighted by molar-refractivity contribution is 8.00. The van der Waals surface area contributed by atoms with E-state index in [-0.39, 0.29) is 41.4 Å². The first kappa shape index (κ1) is 21.2. The molecule has 2 amide bonds. The summed E-state index contributed by atoms with van der Waals surface area (Å²) in [6, 6.07) is 4.08. The fourth-order valence-electron chi connectivity index (χ4n) is 1.50. The quantitative estimate of drug-likeness (QED) is 0.358. The number of halogens is 1. The molecule has 1 aromatic rings. The molecule has 0 heterocycles. The first-order chi connectivity index (χ1) is 10.3. The molecule has 0 aliphatic carbocycles. The van der Waals surface area contributed by atoms with Crippen molar-refractivity contribution in [2.75, 3.05) is 19.3 Å². The highest BCUT2D eigenvalue weighted by Crippen LogP contribution is 2.29. The van der Waals surface area contributed by atoms with E-state index in [4.69, 9.17) is 5.73 Å². The minimum absolute atomic E-state index is 0. The van der Waals surface area contributed by atoms with Crippen LogP contribution in [0.15, 0.2) is 23.1 Å². The van der Waals surface area contributed by atoms with E-state index in [1.165, 1.54) is 12.1 Å². The second kappa shape index (κ2) is 10.0. The topological polar surface area (TPSA) is 127 Å². The van der Waals surface area contributed by atoms with E-state index in [0.29, 0.717) is 11.4 Å². The number of hydrogen-bond acceptors (Lipinski definition) is 6. The summed E-state index contributed by atoms with van der Waals surface area (Å²) >= 11 is 1.04. The van der Waals surface area contributed by atoms with Crippen LogP contribution in [0.1, 0.15) is 17.3 Å². The fraction of sp³-hybridized carbons (Fsp3) is 0.385. The van der Waals surface area contributed by atoms with Crippen molar-refractivity contribution in [1.29, 1.82) is 0 Å². The van der Waals surface area contributed by atoms with E-state index in [2.05, 4.69) is 10.6 Å². The molecule has 0 saturated carbocycles. The van der Waals surface area contributed by atoms with Gasteiger partial charge in [-0.1, -0.05) is 0 Å². The van der Waals surface area contributed by atoms with Crippen LogP contribution in [-0.2, 0) is 4.79 Å². The predicted molar refractivity (Wildman–Crippen MR) is 91.1 cm³/mol. The van der Waals surface area contributed by atoms with Crippen molar-refractivity contribution in [3.05, 3.63) is 33.9 Å². The molecule has 1 atom stereocenters. The summed E-state index contributed by atoms with van der Waals surface area (Å²) in [7, 11) is 1.79. The van der Waals surface area contributed by atoms with E-state index >= 15 is 0 Å². The number of nitrogens with two attached hydrogens (primary N) is 1. The smallest absolute Gasteiger partial charge is 0.283 e. The van der Waals surface area contributed by atoms with Gasteiger partial charge in [-0.25, -0.2) is 0 Å². The van der Waals surface area contributed by atoms with Crippen molar-refractivity contribution in [3.8, 4) is 0 Å². The number of nitro benzene ring substituents is 1. The number of amides is 2. The maximum Gasteiger partial charge on any atom is 0.283 e. The summed E-state index contributed by atoms with van der Waals surface area (Å²) in [5, 5.41) is 16.7. The van der Waals surface area contributed by atoms with Gasteiger partial charge in [0.05, 0.1) is 15.6 Å². The number of likely N-dealkylation sites (N-methyl/N-ethyl adjacent to an activating group) is 1. The number of hydrogen-bond donors (Lipinski definition) is 3. The number of primary amides is 1. The molecule has 0 aliphatic rings. The summed E-state index contributed by atoms with van der Waals surface area (Å²) in [6.07, 6.45) is 0. The number of benzene rings is 1. The summed E-state index contributed by atoms with van der Waals surface area (Å²) < 4.78 is 0. The number of carbonyl (C=O) groups is 2. The Morgan fingerprint density at radius 1 is 1.43 bits per heavy atom. The van der Waals surface area contributed by atoms with Crippen molar-refractivity contribution >= 4 is 41.7 Å². The van der Waals surface area contributed by atoms with Crippen LogP contribution >= 0.6 is 24.2 Å². The molecule has 10 heteroatoms. The van der Waals surface area contributed by atoms with Gasteiger partial charge in [-0.2, -0.15) is 0 Å². The lowest BCUT2D eigenvalue weighted by Crippen LogP contribution is -2.37. The zero-order chi connectivity index (χ0) is 16.7. The number of rotatable bonds is 8. The van der Waals surface area contributed by atoms with Gasteiger partial charge >= 0.3 is 0 Å². The van der Waals surface area contributed by atoms with Crippen LogP contribution in [0.4, 0.5) is 5.69 Å². The van der Waals surface area contributed by atoms with Crippen molar-refractivity contribution in [2.24, 2.45) is 5.73 Å². The summed E-state index contributed by atoms with van der Waals surface area (Å²) in [5.41, 5.74) is 4.92. The highest BCUT2D eigenvalue weighted by atomic mass is 35.5. The van der Waals surface area contributed by atoms with Crippen molar-refractivity contribution in [1.82, 2.24) is 10.6 Å². The molecule has 8 nitrogen and oxygen atoms in total. The highest BCUT2D eigenvalue weighted by Gasteiger charge is 2.18. The molecule has 0 aromatic heterocycles. The molecule has 0 bridgehead atoms. The Labute approximate surface area is 144 Å². The molecular weight excluding hydrogens is 344 g/mol. The third-order valence-electron chi connectivity index (χ3n) is 2.90. The van der Waals surface area contributed by atoms with Crippen LogP contribution in [0.2, 0.25) is 0 Å². The molecule has 1 rings (SSSR count). The Bertz CT molecular complexity index is 585. The monoisotopic (exact) mass is 362 g/mol. The SMILES string of the molecule is CNC(C)CNC(=O)CSc1ccc(C(N)=O)cc1[N+](=O)[O-].Cl. The van der Waals surface area contributed by atoms with Crippen LogP contribution in [0, 0.1) is 10.1 Å². The Morgan fingerprint density at radius 2 is 2.09 bits per heavy atom. The average Bonchev–Trinajstić information content (AvgIpc) is 2.49. The van der Waals surface area contributed by atoms with Gasteiger partial charge in [0, 0.05) is 24.2 Å². The second-order valence-electron chi connectivity index (χ2n) is 4.59. The van der Waals surface area contributed by atoms with Crippen LogP contribution in [-0.4, -0.2) is 42.1 Å². The number of thioether (sulfide) groups is 1. The molecule has 0 radical (unpaired) electrons. The van der Waals surface area contributed by atoms with Crippen molar-refractivity contribution in [3.63, 3.8) is 0 Å². The molecule has 1 unspecified atom stereocenters. The molecule has 0 aliphatic heterocycles. The Kier molecular flexibility index (Phi) is 9.23. The first-order valence-electron chi connectivity index (χ1n) is 6.50. The Balaban J connectivity index is 0.00000484. The third kappa shape index (κ3) is 6.85. The summed E-state index contributed by atoms with van der Waals surface area (Å²) in [5.74, 6) is -0.911. The van der Waals surface area contributed by atoms with E-state index < -0.39 is 10.8 Å². The Morgan fingerprint density at radius 3 is 2.61 bits per heavy atom. The summed E-state index contributed by atoms with van der Waals surface area (Å²) in [4.78, 5) is 33.5. The predicted octanol–water partition coefficient (Wildman–Crippen LogP) is 0.932. The van der Waals surface area contributed by atoms with E-state index in [1.54, 1.807) is 7.05 Å². The van der Waals surface area contributed by atoms with Gasteiger partial charge in [-0.15, -0.1) is 24.2 Å². The van der Waals surface area contributed by atoms with Gasteiger partial charge in [-0.3, -0.25) is 19.7 Å². The molecule has 1 aromatic carbocycles. The third-order valence-corrected chi connectivity index (χ3v) is 3.96. The average molecular weight is 363 g/mol. The second-order valence-corrected chi connectivity index (χ2v) is 5.60. The lowest BCUT2D eigenvalue weighted by atomic mass is 10.2. The first-order valence-corrected chi connectivity index (χ1v) is 7.48. The fourth-order valence-corrected chi connectivity index (χ4v) is 2.33. The zero-order valence-corrected chi connectivity index (χ0v) is 14.3. The number of nitrogens with one attached hydrogen (secondary N) is 2. The molecule has 0 fully saturated rings. The Hall–Kier alpha value is -1.84. The van der Waals surface area contributed by atoms with Gasteiger partial charge < -0.3 is 16.4 Å². The van der Waals surface area contributed by atoms with E-state index in [1.807, 2.05) is 6.92 Å². The number of carbonyl (C=O) groups excluding carboxylic acids is 2. The van der Waals surface area contributed by atoms with Crippen LogP contribution < -0.4 is 16.4 Å². The lowest BCUT2D eigenvalue weighted by molar-refractivity contribution is -0.387. The standard InChI is InChI=1S/C13H18N4O4S.ClH/c1-8(15-2)6-16-12(18)7-22-11-4-3-9(13(14)19)5-10(11)17(20)21;/h3-5,8,15H,6-7H2,1-2H3,(H2,14,19)(H,16,18);1H. The van der Waals surface area contributed by atoms with Gasteiger partial charge in [0.2, 0.25) is 11.8 Å². The van der Waals surface area contributed by atoms with Gasteiger partial charge in [-0.05, 0) is 26.1 Å². The van der Waals surface area contributed by atoms with Crippen molar-refractivity contribution in [2.45, 2.75) is 17.9 Å². The molecular formula is C13H19ClN4O4S. The van der Waals surface area contributed by atoms with Crippen LogP contribution in [0.25, 0.3) is 0 Å². The zero-order valence-electron chi connectivity index (χ0n) is 12.7. The minimum atomic E-state index is -0.738. The largest absolute Gasteiger partial charge is 0.366 e. The molecule has 23 heavy (non-hydrogen) atoms. The van der Waals surface area contributed by atoms with E-state index in [9.17, 15) is 19.7 Å². The molecule has 4 N–H and O–H groups in total. The maximum atomic E-state index is 11.7. The van der Waals surface area contributed by atoms with E-state index in [0.717, 1.165) is 17.8 Å². The minimum Gasteiger partial charge on any atom is -0.366 e. The maximum absolute atomic E-state index is 11.7. The van der Waals surface area contributed by atoms with Crippen LogP contribution in [0.5, 0.6) is 0 Å². The summed E-state index contributed by atoms with van der Waals surface area (Å²) in [6.45, 7) is 2.39. The molecule has 0 saturated heterocycles. The molecule has 128 valence electrons. The van der Waals surface area contributed by atoms with Gasteiger partial charge in [0.1, 0.15) is 0 Å². The van der Waals surface area contributed by atoms with Crippen molar-refractivity contribution < 1.29 is 14.5 Å². The van der Waals surface area contributed by atoms with Gasteiger partial charge in [0.15, 0.2) is 0 Å². The number of nitro groups is 1. The van der Waals surface area contributed by atoms with Gasteiger partial charge in [0.25, 0.3) is 5.69 Å². The molecule has 0 spiro atoms.